The van der Waals surface area contributed by atoms with Crippen molar-refractivity contribution in [3.8, 4) is 0 Å². The van der Waals surface area contributed by atoms with Crippen LogP contribution in [0.1, 0.15) is 12.8 Å². The van der Waals surface area contributed by atoms with Gasteiger partial charge in [0.25, 0.3) is 0 Å². The second-order valence-electron chi connectivity index (χ2n) is 3.70. The topological polar surface area (TPSA) is 97.6 Å². The van der Waals surface area contributed by atoms with E-state index < -0.39 is 0 Å². The maximum Gasteiger partial charge on any atom is 0.319 e. The van der Waals surface area contributed by atoms with E-state index in [1.165, 1.54) is 0 Å². The molecule has 90 valence electrons. The van der Waals surface area contributed by atoms with Gasteiger partial charge in [-0.05, 0) is 12.8 Å². The lowest BCUT2D eigenvalue weighted by Crippen LogP contribution is -2.37. The number of nitrogen functional groups attached to an aromatic ring is 1. The SMILES string of the molecule is Nc1nnc(N2CCC(OCCO)CC2)o1. The summed E-state index contributed by atoms with van der Waals surface area (Å²) < 4.78 is 10.6. The molecule has 1 aromatic heterocycles. The van der Waals surface area contributed by atoms with Gasteiger partial charge in [-0.2, -0.15) is 0 Å². The van der Waals surface area contributed by atoms with E-state index in [1.807, 2.05) is 4.90 Å². The monoisotopic (exact) mass is 228 g/mol. The molecule has 3 N–H and O–H groups in total. The van der Waals surface area contributed by atoms with Crippen LogP contribution in [0.3, 0.4) is 0 Å². The standard InChI is InChI=1S/C9H16N4O3/c10-8-11-12-9(16-8)13-3-1-7(2-4-13)15-6-5-14/h7,14H,1-6H2,(H2,10,11). The average molecular weight is 228 g/mol. The minimum atomic E-state index is 0.0698. The first-order chi connectivity index (χ1) is 7.79. The highest BCUT2D eigenvalue weighted by atomic mass is 16.5. The van der Waals surface area contributed by atoms with Crippen molar-refractivity contribution in [2.24, 2.45) is 0 Å². The highest BCUT2D eigenvalue weighted by molar-refractivity contribution is 5.28. The van der Waals surface area contributed by atoms with Gasteiger partial charge >= 0.3 is 12.0 Å². The molecule has 2 heterocycles. The molecule has 2 rings (SSSR count). The zero-order valence-corrected chi connectivity index (χ0v) is 9.00. The summed E-state index contributed by atoms with van der Waals surface area (Å²) in [5, 5.41) is 16.1. The van der Waals surface area contributed by atoms with Crippen LogP contribution in [0.5, 0.6) is 0 Å². The molecule has 1 aliphatic heterocycles. The molecule has 1 aromatic rings. The Hall–Kier alpha value is -1.34. The van der Waals surface area contributed by atoms with Gasteiger partial charge in [0.15, 0.2) is 0 Å². The van der Waals surface area contributed by atoms with Crippen LogP contribution in [0, 0.1) is 0 Å². The highest BCUT2D eigenvalue weighted by Gasteiger charge is 2.22. The Bertz CT molecular complexity index is 322. The van der Waals surface area contributed by atoms with E-state index >= 15 is 0 Å². The van der Waals surface area contributed by atoms with Crippen LogP contribution in [-0.4, -0.2) is 47.7 Å². The van der Waals surface area contributed by atoms with Gasteiger partial charge in [-0.15, -0.1) is 0 Å². The molecule has 0 aromatic carbocycles. The lowest BCUT2D eigenvalue weighted by Gasteiger charge is -2.30. The average Bonchev–Trinajstić information content (AvgIpc) is 2.74. The van der Waals surface area contributed by atoms with E-state index in [9.17, 15) is 0 Å². The Morgan fingerprint density at radius 2 is 2.19 bits per heavy atom. The molecule has 1 saturated heterocycles. The van der Waals surface area contributed by atoms with E-state index in [4.69, 9.17) is 20.0 Å². The molecule has 0 amide bonds. The molecule has 0 bridgehead atoms. The first-order valence-corrected chi connectivity index (χ1v) is 5.36. The van der Waals surface area contributed by atoms with Crippen LogP contribution in [-0.2, 0) is 4.74 Å². The summed E-state index contributed by atoms with van der Waals surface area (Å²) in [6.07, 6.45) is 1.99. The van der Waals surface area contributed by atoms with Gasteiger partial charge in [0.2, 0.25) is 0 Å². The summed E-state index contributed by atoms with van der Waals surface area (Å²) in [7, 11) is 0. The fraction of sp³-hybridized carbons (Fsp3) is 0.778. The number of aromatic nitrogens is 2. The van der Waals surface area contributed by atoms with Gasteiger partial charge in [-0.25, -0.2) is 0 Å². The number of anilines is 2. The highest BCUT2D eigenvalue weighted by Crippen LogP contribution is 2.20. The summed E-state index contributed by atoms with van der Waals surface area (Å²) >= 11 is 0. The van der Waals surface area contributed by atoms with Crippen LogP contribution < -0.4 is 10.6 Å². The van der Waals surface area contributed by atoms with E-state index in [2.05, 4.69) is 10.2 Å². The molecule has 0 unspecified atom stereocenters. The largest absolute Gasteiger partial charge is 0.394 e. The number of ether oxygens (including phenoxy) is 1. The summed E-state index contributed by atoms with van der Waals surface area (Å²) in [4.78, 5) is 1.99. The number of rotatable bonds is 4. The zero-order chi connectivity index (χ0) is 11.4. The molecule has 0 spiro atoms. The Morgan fingerprint density at radius 3 is 2.75 bits per heavy atom. The molecular formula is C9H16N4O3. The number of piperidine rings is 1. The van der Waals surface area contributed by atoms with Gasteiger partial charge in [0.1, 0.15) is 0 Å². The number of aliphatic hydroxyl groups excluding tert-OH is 1. The Kier molecular flexibility index (Phi) is 3.58. The second-order valence-corrected chi connectivity index (χ2v) is 3.70. The normalized spacial score (nSPS) is 17.9. The molecule has 0 radical (unpaired) electrons. The fourth-order valence-corrected chi connectivity index (χ4v) is 1.79. The van der Waals surface area contributed by atoms with Crippen molar-refractivity contribution < 1.29 is 14.3 Å². The first kappa shape index (κ1) is 11.2. The third-order valence-corrected chi connectivity index (χ3v) is 2.59. The summed E-state index contributed by atoms with van der Waals surface area (Å²) in [6.45, 7) is 2.08. The van der Waals surface area contributed by atoms with Crippen molar-refractivity contribution in [2.45, 2.75) is 18.9 Å². The predicted octanol–water partition coefficient (Wildman–Crippen LogP) is -0.371. The van der Waals surface area contributed by atoms with Gasteiger partial charge in [-0.3, -0.25) is 0 Å². The van der Waals surface area contributed by atoms with Crippen molar-refractivity contribution >= 4 is 12.0 Å². The van der Waals surface area contributed by atoms with E-state index in [1.54, 1.807) is 0 Å². The maximum absolute atomic E-state index is 8.65. The molecule has 0 saturated carbocycles. The molecule has 1 aliphatic rings. The third-order valence-electron chi connectivity index (χ3n) is 2.59. The van der Waals surface area contributed by atoms with Gasteiger partial charge in [0, 0.05) is 13.1 Å². The third kappa shape index (κ3) is 2.61. The number of hydrogen-bond acceptors (Lipinski definition) is 7. The number of hydrogen-bond donors (Lipinski definition) is 2. The minimum absolute atomic E-state index is 0.0698. The summed E-state index contributed by atoms with van der Waals surface area (Å²) in [6, 6.07) is 0.562. The first-order valence-electron chi connectivity index (χ1n) is 5.36. The van der Waals surface area contributed by atoms with Crippen LogP contribution in [0.25, 0.3) is 0 Å². The smallest absolute Gasteiger partial charge is 0.319 e. The Labute approximate surface area is 93.2 Å². The fourth-order valence-electron chi connectivity index (χ4n) is 1.79. The van der Waals surface area contributed by atoms with Crippen LogP contribution >= 0.6 is 0 Å². The number of nitrogens with two attached hydrogens (primary N) is 1. The summed E-state index contributed by atoms with van der Waals surface area (Å²) in [5.74, 6) is 0. The van der Waals surface area contributed by atoms with Crippen LogP contribution in [0.4, 0.5) is 12.0 Å². The van der Waals surface area contributed by atoms with Crippen LogP contribution in [0.15, 0.2) is 4.42 Å². The van der Waals surface area contributed by atoms with Crippen molar-refractivity contribution in [3.63, 3.8) is 0 Å². The van der Waals surface area contributed by atoms with E-state index in [0.29, 0.717) is 12.6 Å². The Balaban J connectivity index is 1.81. The van der Waals surface area contributed by atoms with Crippen LogP contribution in [0.2, 0.25) is 0 Å². The molecule has 0 atom stereocenters. The molecular weight excluding hydrogens is 212 g/mol. The zero-order valence-electron chi connectivity index (χ0n) is 9.00. The number of aliphatic hydroxyl groups is 1. The maximum atomic E-state index is 8.65. The molecule has 0 aliphatic carbocycles. The quantitative estimate of drug-likeness (QED) is 0.725. The van der Waals surface area contributed by atoms with Gasteiger partial charge < -0.3 is 24.9 Å². The number of nitrogens with zero attached hydrogens (tertiary/aromatic N) is 3. The van der Waals surface area contributed by atoms with E-state index in [0.717, 1.165) is 25.9 Å². The molecule has 1 fully saturated rings. The predicted molar refractivity (Wildman–Crippen MR) is 57.0 cm³/mol. The summed E-state index contributed by atoms with van der Waals surface area (Å²) in [5.41, 5.74) is 5.36. The van der Waals surface area contributed by atoms with Crippen molar-refractivity contribution in [3.05, 3.63) is 0 Å². The van der Waals surface area contributed by atoms with Gasteiger partial charge in [0.05, 0.1) is 19.3 Å². The van der Waals surface area contributed by atoms with E-state index in [-0.39, 0.29) is 18.7 Å². The van der Waals surface area contributed by atoms with Gasteiger partial charge in [-0.1, -0.05) is 10.2 Å². The lowest BCUT2D eigenvalue weighted by molar-refractivity contribution is 0.0155. The Morgan fingerprint density at radius 1 is 1.44 bits per heavy atom. The van der Waals surface area contributed by atoms with Crippen molar-refractivity contribution in [2.75, 3.05) is 36.9 Å². The molecule has 7 nitrogen and oxygen atoms in total. The second kappa shape index (κ2) is 5.13. The molecule has 16 heavy (non-hydrogen) atoms. The van der Waals surface area contributed by atoms with Crippen molar-refractivity contribution in [1.29, 1.82) is 0 Å². The van der Waals surface area contributed by atoms with Crippen molar-refractivity contribution in [1.82, 2.24) is 10.2 Å². The lowest BCUT2D eigenvalue weighted by atomic mass is 10.1. The minimum Gasteiger partial charge on any atom is -0.394 e. The molecule has 7 heteroatoms.